The van der Waals surface area contributed by atoms with Crippen molar-refractivity contribution in [1.82, 2.24) is 0 Å². The minimum absolute atomic E-state index is 0.0216. The van der Waals surface area contributed by atoms with Gasteiger partial charge in [-0.3, -0.25) is 4.79 Å². The van der Waals surface area contributed by atoms with Crippen LogP contribution in [0.4, 0.5) is 0 Å². The number of esters is 1. The predicted molar refractivity (Wildman–Crippen MR) is 126 cm³/mol. The van der Waals surface area contributed by atoms with Gasteiger partial charge in [-0.25, -0.2) is 0 Å². The van der Waals surface area contributed by atoms with E-state index in [-0.39, 0.29) is 22.4 Å². The molecule has 1 aliphatic rings. The van der Waals surface area contributed by atoms with Crippen LogP contribution < -0.4 is 0 Å². The fourth-order valence-corrected chi connectivity index (χ4v) is 6.01. The number of hydrogen-bond acceptors (Lipinski definition) is 2. The third-order valence-electron chi connectivity index (χ3n) is 8.07. The quantitative estimate of drug-likeness (QED) is 0.312. The van der Waals surface area contributed by atoms with Crippen LogP contribution >= 0.6 is 0 Å². The second kappa shape index (κ2) is 9.73. The highest BCUT2D eigenvalue weighted by molar-refractivity contribution is 5.78. The fraction of sp³-hybridized carbons (Fsp3) is 0.963. The number of ether oxygens (including phenoxy) is 1. The first-order chi connectivity index (χ1) is 13.1. The molecule has 0 N–H and O–H groups in total. The maximum Gasteiger partial charge on any atom is 0.312 e. The highest BCUT2D eigenvalue weighted by atomic mass is 16.6. The maximum absolute atomic E-state index is 13.8. The first-order valence-electron chi connectivity index (χ1n) is 12.4. The lowest BCUT2D eigenvalue weighted by Crippen LogP contribution is -2.50. The molecule has 0 bridgehead atoms. The summed E-state index contributed by atoms with van der Waals surface area (Å²) in [6.45, 7) is 24.6. The molecule has 0 saturated heterocycles. The Balaban J connectivity index is 3.31. The van der Waals surface area contributed by atoms with Crippen molar-refractivity contribution in [2.45, 2.75) is 133 Å². The van der Waals surface area contributed by atoms with Gasteiger partial charge in [0.05, 0.1) is 5.41 Å². The lowest BCUT2D eigenvalue weighted by molar-refractivity contribution is -0.189. The largest absolute Gasteiger partial charge is 0.459 e. The molecular formula is C27H52O2. The van der Waals surface area contributed by atoms with E-state index in [1.54, 1.807) is 0 Å². The van der Waals surface area contributed by atoms with Crippen molar-refractivity contribution in [2.24, 2.45) is 34.0 Å². The van der Waals surface area contributed by atoms with E-state index in [4.69, 9.17) is 4.74 Å². The van der Waals surface area contributed by atoms with Crippen LogP contribution in [0.2, 0.25) is 0 Å². The number of carbonyl (C=O) groups excluding carboxylic acids is 1. The summed E-state index contributed by atoms with van der Waals surface area (Å²) in [6.07, 6.45) is 9.04. The predicted octanol–water partition coefficient (Wildman–Crippen LogP) is 8.43. The monoisotopic (exact) mass is 408 g/mol. The van der Waals surface area contributed by atoms with E-state index in [0.29, 0.717) is 11.8 Å². The Bertz CT molecular complexity index is 524. The van der Waals surface area contributed by atoms with Gasteiger partial charge in [-0.1, -0.05) is 88.0 Å². The molecule has 1 rings (SSSR count). The molecule has 1 aliphatic carbocycles. The summed E-state index contributed by atoms with van der Waals surface area (Å²) in [5.41, 5.74) is -0.909. The van der Waals surface area contributed by atoms with Gasteiger partial charge in [-0.2, -0.15) is 0 Å². The molecule has 2 nitrogen and oxygen atoms in total. The van der Waals surface area contributed by atoms with Crippen molar-refractivity contribution in [2.75, 3.05) is 0 Å². The molecule has 0 amide bonds. The first-order valence-corrected chi connectivity index (χ1v) is 12.4. The van der Waals surface area contributed by atoms with E-state index in [1.165, 1.54) is 25.7 Å². The average Bonchev–Trinajstić information content (AvgIpc) is 2.69. The van der Waals surface area contributed by atoms with Crippen molar-refractivity contribution in [3.63, 3.8) is 0 Å². The lowest BCUT2D eigenvalue weighted by Gasteiger charge is -2.47. The zero-order chi connectivity index (χ0) is 22.7. The molecule has 0 aromatic rings. The summed E-state index contributed by atoms with van der Waals surface area (Å²) >= 11 is 0. The molecule has 0 spiro atoms. The lowest BCUT2D eigenvalue weighted by atomic mass is 9.61. The van der Waals surface area contributed by atoms with Crippen molar-refractivity contribution >= 4 is 5.97 Å². The Morgan fingerprint density at radius 3 is 2.00 bits per heavy atom. The van der Waals surface area contributed by atoms with E-state index in [9.17, 15) is 4.79 Å². The number of rotatable bonds is 7. The van der Waals surface area contributed by atoms with E-state index >= 15 is 0 Å². The third kappa shape index (κ3) is 6.23. The van der Waals surface area contributed by atoms with Gasteiger partial charge in [0.1, 0.15) is 5.60 Å². The second-order valence-electron chi connectivity index (χ2n) is 12.5. The Morgan fingerprint density at radius 2 is 1.59 bits per heavy atom. The molecular weight excluding hydrogens is 356 g/mol. The molecule has 5 unspecified atom stereocenters. The van der Waals surface area contributed by atoms with Crippen LogP contribution in [-0.4, -0.2) is 11.6 Å². The van der Waals surface area contributed by atoms with E-state index in [2.05, 4.69) is 76.2 Å². The van der Waals surface area contributed by atoms with Gasteiger partial charge < -0.3 is 4.74 Å². The Morgan fingerprint density at radius 1 is 1.00 bits per heavy atom. The number of hydrogen-bond donors (Lipinski definition) is 0. The molecule has 1 saturated carbocycles. The van der Waals surface area contributed by atoms with Crippen LogP contribution in [0.5, 0.6) is 0 Å². The Hall–Kier alpha value is -0.530. The topological polar surface area (TPSA) is 26.3 Å². The van der Waals surface area contributed by atoms with E-state index in [0.717, 1.165) is 31.6 Å². The third-order valence-corrected chi connectivity index (χ3v) is 8.07. The van der Waals surface area contributed by atoms with Crippen LogP contribution in [0.1, 0.15) is 128 Å². The van der Waals surface area contributed by atoms with Crippen LogP contribution in [0.15, 0.2) is 0 Å². The highest BCUT2D eigenvalue weighted by Gasteiger charge is 2.52. The number of carbonyl (C=O) groups is 1. The summed E-state index contributed by atoms with van der Waals surface area (Å²) in [4.78, 5) is 13.8. The van der Waals surface area contributed by atoms with Crippen LogP contribution in [0.25, 0.3) is 0 Å². The molecule has 0 aromatic carbocycles. The van der Waals surface area contributed by atoms with Crippen LogP contribution in [-0.2, 0) is 9.53 Å². The van der Waals surface area contributed by atoms with Gasteiger partial charge in [-0.15, -0.1) is 0 Å². The smallest absolute Gasteiger partial charge is 0.312 e. The minimum Gasteiger partial charge on any atom is -0.459 e. The molecule has 2 heteroatoms. The van der Waals surface area contributed by atoms with Gasteiger partial charge in [0.15, 0.2) is 0 Å². The summed E-state index contributed by atoms with van der Waals surface area (Å²) < 4.78 is 6.65. The van der Waals surface area contributed by atoms with Gasteiger partial charge in [0.25, 0.3) is 0 Å². The average molecular weight is 409 g/mol. The van der Waals surface area contributed by atoms with Gasteiger partial charge >= 0.3 is 5.97 Å². The molecule has 0 aliphatic heterocycles. The second-order valence-corrected chi connectivity index (χ2v) is 12.5. The molecule has 29 heavy (non-hydrogen) atoms. The van der Waals surface area contributed by atoms with E-state index in [1.807, 2.05) is 0 Å². The maximum atomic E-state index is 13.8. The van der Waals surface area contributed by atoms with Gasteiger partial charge in [-0.05, 0) is 62.2 Å². The molecule has 172 valence electrons. The zero-order valence-electron chi connectivity index (χ0n) is 21.7. The Kier molecular flexibility index (Phi) is 8.90. The standard InChI is InChI=1S/C27H52O2/c1-12-16-22-21(14-3)20(13-2)17-15-18-27(22,11)29-23(28)26(10,25(7,8)9)19-24(4,5)6/h20-22H,12-19H2,1-11H3. The summed E-state index contributed by atoms with van der Waals surface area (Å²) in [5.74, 6) is 1.91. The molecule has 0 heterocycles. The summed E-state index contributed by atoms with van der Waals surface area (Å²) in [7, 11) is 0. The molecule has 5 atom stereocenters. The first kappa shape index (κ1) is 26.5. The SMILES string of the molecule is CCCC1C(CC)C(CC)CCCC1(C)OC(=O)C(C)(CC(C)(C)C)C(C)(C)C. The van der Waals surface area contributed by atoms with Crippen molar-refractivity contribution < 1.29 is 9.53 Å². The van der Waals surface area contributed by atoms with Gasteiger partial charge in [0, 0.05) is 5.92 Å². The summed E-state index contributed by atoms with van der Waals surface area (Å²) in [5, 5.41) is 0. The van der Waals surface area contributed by atoms with Crippen molar-refractivity contribution in [3.8, 4) is 0 Å². The zero-order valence-corrected chi connectivity index (χ0v) is 21.7. The van der Waals surface area contributed by atoms with Crippen molar-refractivity contribution in [1.29, 1.82) is 0 Å². The minimum atomic E-state index is -0.497. The summed E-state index contributed by atoms with van der Waals surface area (Å²) in [6, 6.07) is 0. The van der Waals surface area contributed by atoms with E-state index < -0.39 is 5.41 Å². The molecule has 1 fully saturated rings. The van der Waals surface area contributed by atoms with Crippen molar-refractivity contribution in [3.05, 3.63) is 0 Å². The van der Waals surface area contributed by atoms with Crippen LogP contribution in [0.3, 0.4) is 0 Å². The Labute approximate surface area is 182 Å². The molecule has 0 aromatic heterocycles. The normalized spacial score (nSPS) is 31.1. The fourth-order valence-electron chi connectivity index (χ4n) is 6.01. The van der Waals surface area contributed by atoms with Gasteiger partial charge in [0.2, 0.25) is 0 Å². The van der Waals surface area contributed by atoms with Crippen LogP contribution in [0, 0.1) is 34.0 Å². The molecule has 0 radical (unpaired) electrons. The highest BCUT2D eigenvalue weighted by Crippen LogP contribution is 2.51.